The second kappa shape index (κ2) is 12.9. The minimum atomic E-state index is -0.862. The second-order valence-electron chi connectivity index (χ2n) is 7.52. The summed E-state index contributed by atoms with van der Waals surface area (Å²) in [4.78, 5) is 38.3. The molecule has 1 unspecified atom stereocenters. The van der Waals surface area contributed by atoms with E-state index in [4.69, 9.17) is 9.15 Å². The van der Waals surface area contributed by atoms with Gasteiger partial charge in [0.15, 0.2) is 5.78 Å². The van der Waals surface area contributed by atoms with Crippen LogP contribution in [0.25, 0.3) is 6.08 Å². The molecule has 2 aromatic heterocycles. The first-order valence-corrected chi connectivity index (χ1v) is 11.6. The van der Waals surface area contributed by atoms with Gasteiger partial charge in [-0.1, -0.05) is 19.1 Å². The molecule has 0 aromatic carbocycles. The van der Waals surface area contributed by atoms with Crippen molar-refractivity contribution in [3.63, 3.8) is 0 Å². The topological polar surface area (TPSA) is 103 Å². The van der Waals surface area contributed by atoms with E-state index >= 15 is 0 Å². The van der Waals surface area contributed by atoms with Crippen molar-refractivity contribution in [2.45, 2.75) is 52.6 Å². The molecule has 2 heterocycles. The highest BCUT2D eigenvalue weighted by molar-refractivity contribution is 7.12. The predicted molar refractivity (Wildman–Crippen MR) is 128 cm³/mol. The lowest BCUT2D eigenvalue weighted by Crippen LogP contribution is -2.16. The van der Waals surface area contributed by atoms with Crippen molar-refractivity contribution in [3.05, 3.63) is 67.4 Å². The maximum absolute atomic E-state index is 12.8. The number of Topliss-reactive ketones (excluding diaryl/α,β-unsaturated/α-hetero) is 1. The highest BCUT2D eigenvalue weighted by atomic mass is 32.1. The summed E-state index contributed by atoms with van der Waals surface area (Å²) in [5.41, 5.74) is -0.915. The lowest BCUT2D eigenvalue weighted by molar-refractivity contribution is -0.139. The number of esters is 1. The van der Waals surface area contributed by atoms with E-state index in [1.165, 1.54) is 24.5 Å². The van der Waals surface area contributed by atoms with E-state index in [1.807, 2.05) is 32.1 Å². The van der Waals surface area contributed by atoms with E-state index in [9.17, 15) is 19.5 Å². The second-order valence-corrected chi connectivity index (χ2v) is 8.72. The van der Waals surface area contributed by atoms with Crippen LogP contribution < -0.4 is 5.63 Å². The first kappa shape index (κ1) is 26.3. The lowest BCUT2D eigenvalue weighted by atomic mass is 9.99. The van der Waals surface area contributed by atoms with Gasteiger partial charge in [0, 0.05) is 28.3 Å². The van der Waals surface area contributed by atoms with E-state index in [0.717, 1.165) is 9.75 Å². The molecule has 0 aliphatic heterocycles. The Kier molecular flexibility index (Phi) is 10.3. The number of carbonyl (C=O) groups is 2. The van der Waals surface area contributed by atoms with Gasteiger partial charge in [0.25, 0.3) is 0 Å². The highest BCUT2D eigenvalue weighted by Crippen LogP contribution is 2.27. The number of rotatable bonds is 12. The number of hydrogen-bond donors (Lipinski definition) is 1. The quantitative estimate of drug-likeness (QED) is 0.194. The van der Waals surface area contributed by atoms with Gasteiger partial charge < -0.3 is 19.0 Å². The summed E-state index contributed by atoms with van der Waals surface area (Å²) in [6.07, 6.45) is 6.73. The molecule has 33 heavy (non-hydrogen) atoms. The largest absolute Gasteiger partial charge is 0.507 e. The van der Waals surface area contributed by atoms with Crippen LogP contribution in [0.2, 0.25) is 0 Å². The summed E-state index contributed by atoms with van der Waals surface area (Å²) < 4.78 is 15.3. The maximum Gasteiger partial charge on any atom is 0.351 e. The SMILES string of the molecule is CCOCc1ccc(C=C(C)C(=O)c2c(O)cc(C(C)CC/C=C/CC(=O)OC)oc2=O)s1. The molecule has 0 spiro atoms. The zero-order valence-corrected chi connectivity index (χ0v) is 20.2. The van der Waals surface area contributed by atoms with Gasteiger partial charge in [-0.3, -0.25) is 9.59 Å². The van der Waals surface area contributed by atoms with Gasteiger partial charge in [0.1, 0.15) is 17.1 Å². The van der Waals surface area contributed by atoms with Crippen molar-refractivity contribution in [2.24, 2.45) is 0 Å². The van der Waals surface area contributed by atoms with Crippen molar-refractivity contribution < 1.29 is 28.6 Å². The number of ketones is 1. The van der Waals surface area contributed by atoms with Crippen LogP contribution in [-0.2, 0) is 20.9 Å². The Balaban J connectivity index is 2.09. The fourth-order valence-electron chi connectivity index (χ4n) is 3.05. The number of allylic oxidation sites excluding steroid dienone is 2. The van der Waals surface area contributed by atoms with E-state index < -0.39 is 17.2 Å². The average molecular weight is 475 g/mol. The van der Waals surface area contributed by atoms with Gasteiger partial charge >= 0.3 is 11.6 Å². The monoisotopic (exact) mass is 474 g/mol. The zero-order chi connectivity index (χ0) is 24.4. The number of ether oxygens (including phenoxy) is 2. The number of methoxy groups -OCH3 is 1. The molecule has 0 bridgehead atoms. The third kappa shape index (κ3) is 7.83. The number of hydrogen-bond acceptors (Lipinski definition) is 8. The van der Waals surface area contributed by atoms with Crippen LogP contribution in [0.1, 0.15) is 71.8 Å². The van der Waals surface area contributed by atoms with Crippen LogP contribution >= 0.6 is 11.3 Å². The Bertz CT molecular complexity index is 1070. The van der Waals surface area contributed by atoms with Gasteiger partial charge in [-0.05, 0) is 50.5 Å². The van der Waals surface area contributed by atoms with Crippen LogP contribution in [0.3, 0.4) is 0 Å². The van der Waals surface area contributed by atoms with E-state index in [0.29, 0.717) is 37.4 Å². The van der Waals surface area contributed by atoms with Gasteiger partial charge in [-0.15, -0.1) is 11.3 Å². The summed E-state index contributed by atoms with van der Waals surface area (Å²) in [6.45, 7) is 6.50. The smallest absolute Gasteiger partial charge is 0.351 e. The van der Waals surface area contributed by atoms with E-state index in [-0.39, 0.29) is 23.9 Å². The van der Waals surface area contributed by atoms with E-state index in [1.54, 1.807) is 19.1 Å². The first-order chi connectivity index (χ1) is 15.8. The molecule has 0 saturated heterocycles. The summed E-state index contributed by atoms with van der Waals surface area (Å²) in [5.74, 6) is -1.15. The van der Waals surface area contributed by atoms with Gasteiger partial charge in [0.05, 0.1) is 20.1 Å². The molecule has 0 aliphatic carbocycles. The van der Waals surface area contributed by atoms with Crippen LogP contribution in [0, 0.1) is 0 Å². The van der Waals surface area contributed by atoms with Crippen molar-refractivity contribution in [1.82, 2.24) is 0 Å². The maximum atomic E-state index is 12.8. The third-order valence-electron chi connectivity index (χ3n) is 4.96. The van der Waals surface area contributed by atoms with Crippen molar-refractivity contribution in [3.8, 4) is 5.75 Å². The van der Waals surface area contributed by atoms with Crippen molar-refractivity contribution in [2.75, 3.05) is 13.7 Å². The molecule has 1 atom stereocenters. The molecule has 0 amide bonds. The lowest BCUT2D eigenvalue weighted by Gasteiger charge is -2.11. The summed E-state index contributed by atoms with van der Waals surface area (Å²) >= 11 is 1.49. The third-order valence-corrected chi connectivity index (χ3v) is 5.96. The minimum absolute atomic E-state index is 0.165. The summed E-state index contributed by atoms with van der Waals surface area (Å²) in [6, 6.07) is 5.13. The van der Waals surface area contributed by atoms with Crippen LogP contribution in [-0.4, -0.2) is 30.6 Å². The highest BCUT2D eigenvalue weighted by Gasteiger charge is 2.22. The first-order valence-electron chi connectivity index (χ1n) is 10.7. The molecule has 8 heteroatoms. The average Bonchev–Trinajstić information content (AvgIpc) is 3.23. The zero-order valence-electron chi connectivity index (χ0n) is 19.4. The molecule has 2 rings (SSSR count). The Morgan fingerprint density at radius 2 is 2.03 bits per heavy atom. The molecule has 2 aromatic rings. The summed E-state index contributed by atoms with van der Waals surface area (Å²) in [7, 11) is 1.33. The Morgan fingerprint density at radius 1 is 1.27 bits per heavy atom. The standard InChI is InChI=1S/C25H30O7S/c1-5-31-15-19-12-11-18(33-19)13-17(3)24(28)23-20(26)14-21(32-25(23)29)16(2)9-7-6-8-10-22(27)30-4/h6,8,11-14,16,26H,5,7,9-10,15H2,1-4H3/b8-6+,17-13?. The molecule has 0 aliphatic rings. The molecule has 0 saturated carbocycles. The molecular formula is C25H30O7S. The van der Waals surface area contributed by atoms with Crippen molar-refractivity contribution >= 4 is 29.2 Å². The van der Waals surface area contributed by atoms with Gasteiger partial charge in [-0.25, -0.2) is 4.79 Å². The molecule has 7 nitrogen and oxygen atoms in total. The normalized spacial score (nSPS) is 12.8. The van der Waals surface area contributed by atoms with Gasteiger partial charge in [-0.2, -0.15) is 0 Å². The summed E-state index contributed by atoms with van der Waals surface area (Å²) in [5, 5.41) is 10.4. The fraction of sp³-hybridized carbons (Fsp3) is 0.400. The fourth-order valence-corrected chi connectivity index (χ4v) is 4.00. The van der Waals surface area contributed by atoms with Crippen LogP contribution in [0.5, 0.6) is 5.75 Å². The van der Waals surface area contributed by atoms with Crippen LogP contribution in [0.15, 0.2) is 45.1 Å². The Hall–Kier alpha value is -2.97. The molecule has 178 valence electrons. The molecular weight excluding hydrogens is 444 g/mol. The number of thiophene rings is 1. The van der Waals surface area contributed by atoms with Crippen LogP contribution in [0.4, 0.5) is 0 Å². The van der Waals surface area contributed by atoms with Gasteiger partial charge in [0.2, 0.25) is 0 Å². The predicted octanol–water partition coefficient (Wildman–Crippen LogP) is 5.23. The number of aromatic hydroxyl groups is 1. The molecule has 0 radical (unpaired) electrons. The molecule has 0 fully saturated rings. The van der Waals surface area contributed by atoms with Crippen molar-refractivity contribution in [1.29, 1.82) is 0 Å². The minimum Gasteiger partial charge on any atom is -0.507 e. The van der Waals surface area contributed by atoms with E-state index in [2.05, 4.69) is 4.74 Å². The number of carbonyl (C=O) groups excluding carboxylic acids is 2. The Labute approximate surface area is 197 Å². The molecule has 1 N–H and O–H groups in total. The Morgan fingerprint density at radius 3 is 2.70 bits per heavy atom.